The molecule has 4 saturated carbocycles. The number of unbranched alkanes of at least 4 members (excludes halogenated alkanes) is 2. The zero-order chi connectivity index (χ0) is 29.8. The maximum absolute atomic E-state index is 12.8. The third kappa shape index (κ3) is 7.02. The van der Waals surface area contributed by atoms with E-state index in [4.69, 9.17) is 0 Å². The first-order valence-corrected chi connectivity index (χ1v) is 17.6. The summed E-state index contributed by atoms with van der Waals surface area (Å²) in [7, 11) is 0. The summed E-state index contributed by atoms with van der Waals surface area (Å²) in [4.78, 5) is 15.3. The Bertz CT molecular complexity index is 831. The number of carbonyl (C=O) groups excluding carboxylic acids is 1. The van der Waals surface area contributed by atoms with Crippen LogP contribution in [0.4, 0.5) is 0 Å². The van der Waals surface area contributed by atoms with E-state index in [2.05, 4.69) is 44.8 Å². The molecule has 4 aliphatic carbocycles. The predicted molar refractivity (Wildman–Crippen MR) is 166 cm³/mol. The molecule has 4 fully saturated rings. The number of amides is 1. The van der Waals surface area contributed by atoms with Crippen LogP contribution in [-0.2, 0) is 4.79 Å². The van der Waals surface area contributed by atoms with Gasteiger partial charge in [-0.1, -0.05) is 47.5 Å². The Morgan fingerprint density at radius 1 is 0.927 bits per heavy atom. The van der Waals surface area contributed by atoms with Crippen LogP contribution in [0.2, 0.25) is 0 Å². The second-order valence-electron chi connectivity index (χ2n) is 15.3. The lowest BCUT2D eigenvalue weighted by Gasteiger charge is -2.63. The molecule has 0 aromatic heterocycles. The molecule has 4 N–H and O–H groups in total. The molecular formula is C35H64N2O4. The zero-order valence-corrected chi connectivity index (χ0v) is 27.1. The molecule has 41 heavy (non-hydrogen) atoms. The Hall–Kier alpha value is -0.690. The highest BCUT2D eigenvalue weighted by atomic mass is 16.3. The first-order valence-electron chi connectivity index (χ1n) is 17.6. The second kappa shape index (κ2) is 14.4. The van der Waals surface area contributed by atoms with Gasteiger partial charge in [0.25, 0.3) is 0 Å². The van der Waals surface area contributed by atoms with Gasteiger partial charge in [-0.05, 0) is 137 Å². The number of carbonyl (C=O) groups is 1. The number of aliphatic hydroxyl groups excluding tert-OH is 3. The van der Waals surface area contributed by atoms with Gasteiger partial charge in [-0.2, -0.15) is 0 Å². The van der Waals surface area contributed by atoms with Crippen molar-refractivity contribution in [1.29, 1.82) is 0 Å². The van der Waals surface area contributed by atoms with E-state index in [1.807, 2.05) is 0 Å². The Kier molecular flexibility index (Phi) is 11.7. The molecule has 1 amide bonds. The van der Waals surface area contributed by atoms with Gasteiger partial charge < -0.3 is 25.5 Å². The summed E-state index contributed by atoms with van der Waals surface area (Å²) < 4.78 is 0. The van der Waals surface area contributed by atoms with Gasteiger partial charge in [0.05, 0.1) is 18.3 Å². The number of hydrogen-bond acceptors (Lipinski definition) is 5. The summed E-state index contributed by atoms with van der Waals surface area (Å²) in [6.45, 7) is 15.6. The quantitative estimate of drug-likeness (QED) is 0.197. The molecule has 0 bridgehead atoms. The van der Waals surface area contributed by atoms with Crippen LogP contribution < -0.4 is 5.32 Å². The number of nitrogens with zero attached hydrogens (tertiary/aromatic N) is 1. The number of aliphatic hydroxyl groups is 3. The van der Waals surface area contributed by atoms with E-state index >= 15 is 0 Å². The van der Waals surface area contributed by atoms with E-state index in [1.54, 1.807) is 0 Å². The first-order chi connectivity index (χ1) is 19.6. The average Bonchev–Trinajstić information content (AvgIpc) is 3.30. The van der Waals surface area contributed by atoms with Gasteiger partial charge in [0.15, 0.2) is 0 Å². The molecule has 238 valence electrons. The van der Waals surface area contributed by atoms with E-state index < -0.39 is 0 Å². The van der Waals surface area contributed by atoms with E-state index in [-0.39, 0.29) is 41.0 Å². The van der Waals surface area contributed by atoms with Crippen LogP contribution in [0.1, 0.15) is 125 Å². The van der Waals surface area contributed by atoms with Gasteiger partial charge in [0, 0.05) is 13.0 Å². The number of fused-ring (bicyclic) bond motifs is 5. The highest BCUT2D eigenvalue weighted by Crippen LogP contribution is 2.68. The smallest absolute Gasteiger partial charge is 0.220 e. The number of rotatable bonds is 14. The van der Waals surface area contributed by atoms with Crippen LogP contribution >= 0.6 is 0 Å². The van der Waals surface area contributed by atoms with E-state index in [9.17, 15) is 20.1 Å². The Morgan fingerprint density at radius 2 is 1.61 bits per heavy atom. The Morgan fingerprint density at radius 3 is 2.29 bits per heavy atom. The third-order valence-corrected chi connectivity index (χ3v) is 13.0. The molecule has 0 aromatic carbocycles. The molecule has 0 unspecified atom stereocenters. The molecular weight excluding hydrogens is 512 g/mol. The van der Waals surface area contributed by atoms with Crippen molar-refractivity contribution in [2.75, 3.05) is 26.2 Å². The highest BCUT2D eigenvalue weighted by molar-refractivity contribution is 5.75. The summed E-state index contributed by atoms with van der Waals surface area (Å²) in [5, 5.41) is 36.8. The molecule has 0 spiro atoms. The molecule has 6 heteroatoms. The fourth-order valence-electron chi connectivity index (χ4n) is 10.4. The molecule has 0 radical (unpaired) electrons. The van der Waals surface area contributed by atoms with Crippen molar-refractivity contribution in [2.24, 2.45) is 46.3 Å². The molecule has 0 saturated heterocycles. The molecule has 0 aliphatic heterocycles. The lowest BCUT2D eigenvalue weighted by atomic mass is 9.43. The minimum absolute atomic E-state index is 0.107. The van der Waals surface area contributed by atoms with Crippen molar-refractivity contribution in [1.82, 2.24) is 10.2 Å². The largest absolute Gasteiger partial charge is 0.393 e. The van der Waals surface area contributed by atoms with Crippen LogP contribution in [-0.4, -0.2) is 70.6 Å². The van der Waals surface area contributed by atoms with Crippen molar-refractivity contribution in [3.05, 3.63) is 0 Å². The van der Waals surface area contributed by atoms with Gasteiger partial charge >= 0.3 is 0 Å². The van der Waals surface area contributed by atoms with Crippen LogP contribution in [0.3, 0.4) is 0 Å². The normalized spacial score (nSPS) is 41.0. The van der Waals surface area contributed by atoms with Crippen LogP contribution in [0.5, 0.6) is 0 Å². The number of hydrogen-bond donors (Lipinski definition) is 4. The molecule has 0 heterocycles. The molecule has 11 atom stereocenters. The maximum Gasteiger partial charge on any atom is 0.220 e. The lowest BCUT2D eigenvalue weighted by molar-refractivity contribution is -0.207. The van der Waals surface area contributed by atoms with Crippen LogP contribution in [0.15, 0.2) is 0 Å². The molecule has 4 rings (SSSR count). The monoisotopic (exact) mass is 576 g/mol. The topological polar surface area (TPSA) is 93.0 Å². The van der Waals surface area contributed by atoms with Gasteiger partial charge in [0.1, 0.15) is 0 Å². The summed E-state index contributed by atoms with van der Waals surface area (Å²) in [6, 6.07) is 0. The Labute approximate surface area is 251 Å². The fourth-order valence-corrected chi connectivity index (χ4v) is 10.4. The van der Waals surface area contributed by atoms with Crippen molar-refractivity contribution >= 4 is 5.91 Å². The summed E-state index contributed by atoms with van der Waals surface area (Å²) in [6.07, 6.45) is 12.8. The summed E-state index contributed by atoms with van der Waals surface area (Å²) in [5.41, 5.74) is -0.0912. The zero-order valence-electron chi connectivity index (χ0n) is 27.1. The van der Waals surface area contributed by atoms with Crippen molar-refractivity contribution < 1.29 is 20.1 Å². The lowest BCUT2D eigenvalue weighted by Crippen LogP contribution is -2.62. The van der Waals surface area contributed by atoms with Crippen LogP contribution in [0, 0.1) is 46.3 Å². The third-order valence-electron chi connectivity index (χ3n) is 13.0. The molecule has 0 aromatic rings. The minimum Gasteiger partial charge on any atom is -0.393 e. The van der Waals surface area contributed by atoms with E-state index in [0.717, 1.165) is 84.0 Å². The van der Waals surface area contributed by atoms with Crippen molar-refractivity contribution in [2.45, 2.75) is 143 Å². The van der Waals surface area contributed by atoms with Gasteiger partial charge in [-0.25, -0.2) is 0 Å². The maximum atomic E-state index is 12.8. The van der Waals surface area contributed by atoms with Gasteiger partial charge in [-0.3, -0.25) is 4.79 Å². The van der Waals surface area contributed by atoms with Gasteiger partial charge in [0.2, 0.25) is 5.91 Å². The average molecular weight is 577 g/mol. The van der Waals surface area contributed by atoms with Crippen molar-refractivity contribution in [3.63, 3.8) is 0 Å². The molecule has 4 aliphatic rings. The summed E-state index contributed by atoms with van der Waals surface area (Å²) >= 11 is 0. The Balaban J connectivity index is 1.29. The highest BCUT2D eigenvalue weighted by Gasteiger charge is 2.65. The van der Waals surface area contributed by atoms with Gasteiger partial charge in [-0.15, -0.1) is 0 Å². The number of nitrogens with one attached hydrogen (secondary N) is 1. The SMILES string of the molecule is CCCCN(CCCC)CCCNC(=O)CC[C@@H](C)[C@H]1CC[C@H]2[C@@H]3[C@H](O)C[C@@H]4C[C@H](O)CC[C@]4(C)[C@H]3C[C@H](O)[C@]12C. The standard InChI is InChI=1S/C35H64N2O4/c1-6-8-18-37(19-9-7-2)20-10-17-36-32(41)14-11-24(3)27-12-13-28-33-29(23-31(40)35(27,28)5)34(4)16-15-26(38)21-25(34)22-30(33)39/h24-31,33,38-40H,6-23H2,1-5H3,(H,36,41)/t24-,25+,26-,27-,28+,29+,30-,31+,33+,34+,35-/m1/s1. The fraction of sp³-hybridized carbons (Fsp3) is 0.971. The van der Waals surface area contributed by atoms with Crippen molar-refractivity contribution in [3.8, 4) is 0 Å². The van der Waals surface area contributed by atoms with Crippen LogP contribution in [0.25, 0.3) is 0 Å². The van der Waals surface area contributed by atoms with E-state index in [0.29, 0.717) is 36.0 Å². The first kappa shape index (κ1) is 33.2. The predicted octanol–water partition coefficient (Wildman–Crippen LogP) is 5.77. The van der Waals surface area contributed by atoms with E-state index in [1.165, 1.54) is 25.7 Å². The molecule has 6 nitrogen and oxygen atoms in total. The summed E-state index contributed by atoms with van der Waals surface area (Å²) in [5.74, 6) is 2.17. The second-order valence-corrected chi connectivity index (χ2v) is 15.3. The minimum atomic E-state index is -0.365.